The van der Waals surface area contributed by atoms with Crippen LogP contribution in [-0.4, -0.2) is 20.7 Å². The van der Waals surface area contributed by atoms with Crippen LogP contribution in [0.5, 0.6) is 0 Å². The fraction of sp³-hybridized carbons (Fsp3) is 0.250. The Labute approximate surface area is 123 Å². The predicted octanol–water partition coefficient (Wildman–Crippen LogP) is 2.44. The van der Waals surface area contributed by atoms with Gasteiger partial charge in [-0.25, -0.2) is 12.8 Å². The SMILES string of the molecule is NCC(c1cccc(F)c1)C1CS(=O)(=O)c2ccccc21. The Morgan fingerprint density at radius 2 is 1.95 bits per heavy atom. The zero-order valence-corrected chi connectivity index (χ0v) is 12.2. The largest absolute Gasteiger partial charge is 0.330 e. The first kappa shape index (κ1) is 14.2. The highest BCUT2D eigenvalue weighted by molar-refractivity contribution is 7.91. The smallest absolute Gasteiger partial charge is 0.179 e. The van der Waals surface area contributed by atoms with Crippen molar-refractivity contribution in [1.82, 2.24) is 0 Å². The lowest BCUT2D eigenvalue weighted by Gasteiger charge is -2.22. The van der Waals surface area contributed by atoms with Crippen LogP contribution in [0.25, 0.3) is 0 Å². The first-order chi connectivity index (χ1) is 10.0. The first-order valence-electron chi connectivity index (χ1n) is 6.80. The monoisotopic (exact) mass is 305 g/mol. The summed E-state index contributed by atoms with van der Waals surface area (Å²) in [7, 11) is -3.28. The van der Waals surface area contributed by atoms with E-state index >= 15 is 0 Å². The average Bonchev–Trinajstić information content (AvgIpc) is 2.73. The molecule has 0 bridgehead atoms. The molecule has 2 atom stereocenters. The fourth-order valence-corrected chi connectivity index (χ4v) is 5.02. The van der Waals surface area contributed by atoms with Gasteiger partial charge in [-0.3, -0.25) is 0 Å². The molecule has 3 nitrogen and oxygen atoms in total. The lowest BCUT2D eigenvalue weighted by Crippen LogP contribution is -2.21. The molecule has 2 aromatic carbocycles. The molecule has 1 aliphatic heterocycles. The van der Waals surface area contributed by atoms with Gasteiger partial charge in [0.25, 0.3) is 0 Å². The number of hydrogen-bond acceptors (Lipinski definition) is 3. The molecule has 5 heteroatoms. The van der Waals surface area contributed by atoms with E-state index in [-0.39, 0.29) is 30.0 Å². The molecule has 0 saturated carbocycles. The van der Waals surface area contributed by atoms with Crippen LogP contribution in [0.2, 0.25) is 0 Å². The highest BCUT2D eigenvalue weighted by atomic mass is 32.2. The number of hydrogen-bond donors (Lipinski definition) is 1. The summed E-state index contributed by atoms with van der Waals surface area (Å²) in [5.41, 5.74) is 7.40. The van der Waals surface area contributed by atoms with Crippen LogP contribution in [-0.2, 0) is 9.84 Å². The van der Waals surface area contributed by atoms with E-state index in [0.717, 1.165) is 11.1 Å². The van der Waals surface area contributed by atoms with E-state index in [1.54, 1.807) is 24.3 Å². The topological polar surface area (TPSA) is 60.2 Å². The van der Waals surface area contributed by atoms with Crippen LogP contribution < -0.4 is 5.73 Å². The number of fused-ring (bicyclic) bond motifs is 1. The maximum Gasteiger partial charge on any atom is 0.179 e. The maximum absolute atomic E-state index is 13.4. The van der Waals surface area contributed by atoms with Crippen molar-refractivity contribution in [3.63, 3.8) is 0 Å². The van der Waals surface area contributed by atoms with E-state index in [0.29, 0.717) is 4.90 Å². The molecule has 3 rings (SSSR count). The van der Waals surface area contributed by atoms with E-state index < -0.39 is 9.84 Å². The zero-order chi connectivity index (χ0) is 15.0. The molecule has 0 radical (unpaired) electrons. The quantitative estimate of drug-likeness (QED) is 0.947. The van der Waals surface area contributed by atoms with E-state index in [1.807, 2.05) is 12.1 Å². The van der Waals surface area contributed by atoms with Gasteiger partial charge in [0.1, 0.15) is 5.82 Å². The van der Waals surface area contributed by atoms with Gasteiger partial charge in [-0.2, -0.15) is 0 Å². The molecule has 0 spiro atoms. The van der Waals surface area contributed by atoms with Crippen LogP contribution in [0.4, 0.5) is 4.39 Å². The Bertz CT molecular complexity index is 773. The lowest BCUT2D eigenvalue weighted by molar-refractivity contribution is 0.567. The van der Waals surface area contributed by atoms with Gasteiger partial charge in [0.2, 0.25) is 0 Å². The second-order valence-corrected chi connectivity index (χ2v) is 7.33. The van der Waals surface area contributed by atoms with Crippen molar-refractivity contribution in [2.75, 3.05) is 12.3 Å². The standard InChI is InChI=1S/C16H16FNO2S/c17-12-5-3-4-11(8-12)14(9-18)15-10-21(19,20)16-7-2-1-6-13(15)16/h1-8,14-15H,9-10,18H2. The average molecular weight is 305 g/mol. The van der Waals surface area contributed by atoms with Crippen molar-refractivity contribution in [3.8, 4) is 0 Å². The molecule has 110 valence electrons. The number of sulfone groups is 1. The third-order valence-electron chi connectivity index (χ3n) is 4.07. The van der Waals surface area contributed by atoms with E-state index in [4.69, 9.17) is 5.73 Å². The third-order valence-corrected chi connectivity index (χ3v) is 5.91. The van der Waals surface area contributed by atoms with Gasteiger partial charge in [-0.15, -0.1) is 0 Å². The summed E-state index contributed by atoms with van der Waals surface area (Å²) in [5.74, 6) is -0.734. The normalized spacial score (nSPS) is 21.0. The Morgan fingerprint density at radius 3 is 2.67 bits per heavy atom. The Morgan fingerprint density at radius 1 is 1.19 bits per heavy atom. The molecule has 1 aliphatic rings. The molecule has 2 N–H and O–H groups in total. The number of nitrogens with two attached hydrogens (primary N) is 1. The fourth-order valence-electron chi connectivity index (χ4n) is 3.09. The molecule has 0 saturated heterocycles. The number of halogens is 1. The van der Waals surface area contributed by atoms with Gasteiger partial charge in [0, 0.05) is 11.8 Å². The summed E-state index contributed by atoms with van der Waals surface area (Å²) in [6, 6.07) is 13.2. The minimum Gasteiger partial charge on any atom is -0.330 e. The molecule has 0 aliphatic carbocycles. The van der Waals surface area contributed by atoms with Crippen molar-refractivity contribution < 1.29 is 12.8 Å². The summed E-state index contributed by atoms with van der Waals surface area (Å²) < 4.78 is 38.0. The second kappa shape index (κ2) is 5.24. The van der Waals surface area contributed by atoms with Crippen LogP contribution in [0.15, 0.2) is 53.4 Å². The van der Waals surface area contributed by atoms with Crippen molar-refractivity contribution in [2.45, 2.75) is 16.7 Å². The summed E-state index contributed by atoms with van der Waals surface area (Å²) in [4.78, 5) is 0.379. The highest BCUT2D eigenvalue weighted by Crippen LogP contribution is 2.42. The molecule has 21 heavy (non-hydrogen) atoms. The van der Waals surface area contributed by atoms with Crippen LogP contribution in [0.1, 0.15) is 23.0 Å². The van der Waals surface area contributed by atoms with Crippen LogP contribution in [0, 0.1) is 5.82 Å². The Kier molecular flexibility index (Phi) is 3.55. The van der Waals surface area contributed by atoms with Gasteiger partial charge in [-0.05, 0) is 35.9 Å². The van der Waals surface area contributed by atoms with Crippen molar-refractivity contribution in [3.05, 3.63) is 65.5 Å². The van der Waals surface area contributed by atoms with Crippen LogP contribution >= 0.6 is 0 Å². The Hall–Kier alpha value is -1.72. The van der Waals surface area contributed by atoms with Crippen molar-refractivity contribution in [1.29, 1.82) is 0 Å². The van der Waals surface area contributed by atoms with Crippen LogP contribution in [0.3, 0.4) is 0 Å². The molecular formula is C16H16FNO2S. The second-order valence-electron chi connectivity index (χ2n) is 5.32. The summed E-state index contributed by atoms with van der Waals surface area (Å²) in [6.07, 6.45) is 0. The number of rotatable bonds is 3. The minimum absolute atomic E-state index is 0.0325. The van der Waals surface area contributed by atoms with Gasteiger partial charge in [0.15, 0.2) is 9.84 Å². The molecule has 0 aromatic heterocycles. The van der Waals surface area contributed by atoms with E-state index in [1.165, 1.54) is 12.1 Å². The maximum atomic E-state index is 13.4. The molecule has 0 amide bonds. The highest BCUT2D eigenvalue weighted by Gasteiger charge is 2.38. The summed E-state index contributed by atoms with van der Waals surface area (Å²) in [6.45, 7) is 0.276. The first-order valence-corrected chi connectivity index (χ1v) is 8.45. The predicted molar refractivity (Wildman–Crippen MR) is 79.4 cm³/mol. The molecule has 0 fully saturated rings. The molecular weight excluding hydrogens is 289 g/mol. The summed E-state index contributed by atoms with van der Waals surface area (Å²) in [5, 5.41) is 0. The Balaban J connectivity index is 2.08. The zero-order valence-electron chi connectivity index (χ0n) is 11.4. The number of benzene rings is 2. The molecule has 2 aromatic rings. The van der Waals surface area contributed by atoms with E-state index in [9.17, 15) is 12.8 Å². The van der Waals surface area contributed by atoms with E-state index in [2.05, 4.69) is 0 Å². The van der Waals surface area contributed by atoms with Gasteiger partial charge >= 0.3 is 0 Å². The summed E-state index contributed by atoms with van der Waals surface area (Å²) >= 11 is 0. The van der Waals surface area contributed by atoms with Gasteiger partial charge in [0.05, 0.1) is 10.6 Å². The molecule has 1 heterocycles. The van der Waals surface area contributed by atoms with Crippen molar-refractivity contribution in [2.24, 2.45) is 5.73 Å². The van der Waals surface area contributed by atoms with Gasteiger partial charge < -0.3 is 5.73 Å². The lowest BCUT2D eigenvalue weighted by atomic mass is 9.83. The van der Waals surface area contributed by atoms with Gasteiger partial charge in [-0.1, -0.05) is 30.3 Å². The third kappa shape index (κ3) is 2.47. The molecule has 2 unspecified atom stereocenters. The van der Waals surface area contributed by atoms with Crippen molar-refractivity contribution >= 4 is 9.84 Å². The minimum atomic E-state index is -3.28.